The number of hydrogen-bond acceptors (Lipinski definition) is 3. The summed E-state index contributed by atoms with van der Waals surface area (Å²) in [6.07, 6.45) is 1.48. The lowest BCUT2D eigenvalue weighted by Gasteiger charge is -2.45. The second-order valence-electron chi connectivity index (χ2n) is 4.02. The molecule has 0 saturated carbocycles. The van der Waals surface area contributed by atoms with E-state index in [0.717, 1.165) is 12.8 Å². The van der Waals surface area contributed by atoms with Gasteiger partial charge in [0.1, 0.15) is 0 Å². The van der Waals surface area contributed by atoms with Gasteiger partial charge in [0, 0.05) is 12.1 Å². The minimum absolute atomic E-state index is 0.157. The van der Waals surface area contributed by atoms with Crippen LogP contribution >= 0.6 is 0 Å². The van der Waals surface area contributed by atoms with Gasteiger partial charge in [0.05, 0.1) is 19.1 Å². The summed E-state index contributed by atoms with van der Waals surface area (Å²) < 4.78 is 5.40. The number of piperidine rings is 1. The molecule has 2 aliphatic heterocycles. The monoisotopic (exact) mass is 185 g/mol. The van der Waals surface area contributed by atoms with Crippen LogP contribution in [-0.4, -0.2) is 48.3 Å². The van der Waals surface area contributed by atoms with E-state index in [0.29, 0.717) is 25.3 Å². The lowest BCUT2D eigenvalue weighted by atomic mass is 9.85. The molecule has 2 bridgehead atoms. The molecule has 2 atom stereocenters. The molecule has 13 heavy (non-hydrogen) atoms. The molecule has 0 aromatic carbocycles. The topological polar surface area (TPSA) is 49.8 Å². The smallest absolute Gasteiger partial charge is 0.306 e. The lowest BCUT2D eigenvalue weighted by molar-refractivity contribution is -0.149. The van der Waals surface area contributed by atoms with Crippen molar-refractivity contribution in [2.24, 2.45) is 5.92 Å². The van der Waals surface area contributed by atoms with Gasteiger partial charge in [-0.05, 0) is 19.9 Å². The van der Waals surface area contributed by atoms with Crippen LogP contribution in [0.2, 0.25) is 0 Å². The van der Waals surface area contributed by atoms with E-state index in [-0.39, 0.29) is 5.92 Å². The van der Waals surface area contributed by atoms with Crippen molar-refractivity contribution in [1.82, 2.24) is 4.90 Å². The Morgan fingerprint density at radius 1 is 1.38 bits per heavy atom. The third-order valence-corrected chi connectivity index (χ3v) is 3.23. The average molecular weight is 185 g/mol. The van der Waals surface area contributed by atoms with Gasteiger partial charge in [-0.1, -0.05) is 0 Å². The van der Waals surface area contributed by atoms with Crippen molar-refractivity contribution in [3.8, 4) is 0 Å². The third kappa shape index (κ3) is 1.56. The van der Waals surface area contributed by atoms with Crippen molar-refractivity contribution in [3.05, 3.63) is 0 Å². The molecule has 1 N–H and O–H groups in total. The van der Waals surface area contributed by atoms with E-state index in [9.17, 15) is 4.79 Å². The first-order valence-electron chi connectivity index (χ1n) is 4.71. The van der Waals surface area contributed by atoms with E-state index in [1.807, 2.05) is 0 Å². The zero-order valence-electron chi connectivity index (χ0n) is 7.77. The molecule has 0 amide bonds. The van der Waals surface area contributed by atoms with Crippen molar-refractivity contribution < 1.29 is 14.6 Å². The van der Waals surface area contributed by atoms with Crippen LogP contribution < -0.4 is 0 Å². The number of ether oxygens (including phenoxy) is 1. The average Bonchev–Trinajstić information content (AvgIpc) is 2.02. The summed E-state index contributed by atoms with van der Waals surface area (Å²) in [4.78, 5) is 13.1. The van der Waals surface area contributed by atoms with E-state index in [4.69, 9.17) is 9.84 Å². The Kier molecular flexibility index (Phi) is 2.26. The Morgan fingerprint density at radius 2 is 1.92 bits per heavy atom. The summed E-state index contributed by atoms with van der Waals surface area (Å²) >= 11 is 0. The molecule has 0 radical (unpaired) electrons. The SMILES string of the molecule is CN1C2COCC1CC(C(=O)O)C2. The number of aliphatic carboxylic acids is 1. The number of morpholine rings is 1. The van der Waals surface area contributed by atoms with E-state index in [1.54, 1.807) is 0 Å². The zero-order chi connectivity index (χ0) is 9.42. The Hall–Kier alpha value is -0.610. The Bertz CT molecular complexity index is 205. The maximum absolute atomic E-state index is 10.8. The van der Waals surface area contributed by atoms with Crippen LogP contribution in [-0.2, 0) is 9.53 Å². The Labute approximate surface area is 77.5 Å². The lowest BCUT2D eigenvalue weighted by Crippen LogP contribution is -2.55. The van der Waals surface area contributed by atoms with E-state index < -0.39 is 5.97 Å². The van der Waals surface area contributed by atoms with Crippen LogP contribution in [0, 0.1) is 5.92 Å². The van der Waals surface area contributed by atoms with Crippen LogP contribution in [0.1, 0.15) is 12.8 Å². The molecule has 0 aromatic rings. The zero-order valence-corrected chi connectivity index (χ0v) is 7.77. The van der Waals surface area contributed by atoms with Crippen molar-refractivity contribution in [1.29, 1.82) is 0 Å². The Balaban J connectivity index is 2.07. The number of likely N-dealkylation sites (N-methyl/N-ethyl adjacent to an activating group) is 1. The summed E-state index contributed by atoms with van der Waals surface area (Å²) in [5.74, 6) is -0.805. The highest BCUT2D eigenvalue weighted by Crippen LogP contribution is 2.30. The standard InChI is InChI=1S/C9H15NO3/c1-10-7-2-6(9(11)12)3-8(10)5-13-4-7/h6-8H,2-5H2,1H3,(H,11,12). The third-order valence-electron chi connectivity index (χ3n) is 3.23. The summed E-state index contributed by atoms with van der Waals surface area (Å²) in [5.41, 5.74) is 0. The highest BCUT2D eigenvalue weighted by molar-refractivity contribution is 5.70. The first-order chi connectivity index (χ1) is 6.18. The molecule has 74 valence electrons. The van der Waals surface area contributed by atoms with Gasteiger partial charge in [-0.25, -0.2) is 0 Å². The van der Waals surface area contributed by atoms with Crippen LogP contribution in [0.3, 0.4) is 0 Å². The van der Waals surface area contributed by atoms with E-state index in [2.05, 4.69) is 11.9 Å². The van der Waals surface area contributed by atoms with Crippen LogP contribution in [0.4, 0.5) is 0 Å². The minimum atomic E-state index is -0.648. The van der Waals surface area contributed by atoms with Gasteiger partial charge in [0.15, 0.2) is 0 Å². The van der Waals surface area contributed by atoms with Crippen molar-refractivity contribution in [3.63, 3.8) is 0 Å². The number of fused-ring (bicyclic) bond motifs is 2. The second-order valence-corrected chi connectivity index (χ2v) is 4.02. The molecule has 0 aromatic heterocycles. The van der Waals surface area contributed by atoms with Gasteiger partial charge in [0.2, 0.25) is 0 Å². The molecule has 2 saturated heterocycles. The van der Waals surface area contributed by atoms with E-state index >= 15 is 0 Å². The van der Waals surface area contributed by atoms with Crippen molar-refractivity contribution >= 4 is 5.97 Å². The van der Waals surface area contributed by atoms with Gasteiger partial charge in [0.25, 0.3) is 0 Å². The van der Waals surface area contributed by atoms with Gasteiger partial charge >= 0.3 is 5.97 Å². The molecule has 2 rings (SSSR count). The van der Waals surface area contributed by atoms with Crippen LogP contribution in [0.5, 0.6) is 0 Å². The summed E-state index contributed by atoms with van der Waals surface area (Å²) in [6, 6.07) is 0.627. The summed E-state index contributed by atoms with van der Waals surface area (Å²) in [7, 11) is 2.07. The molecule has 2 unspecified atom stereocenters. The number of carboxylic acids is 1. The fraction of sp³-hybridized carbons (Fsp3) is 0.889. The quantitative estimate of drug-likeness (QED) is 0.633. The first-order valence-corrected chi connectivity index (χ1v) is 4.71. The minimum Gasteiger partial charge on any atom is -0.481 e. The number of carbonyl (C=O) groups is 1. The summed E-state index contributed by atoms with van der Waals surface area (Å²) in [5, 5.41) is 8.92. The molecule has 2 fully saturated rings. The number of hydrogen-bond donors (Lipinski definition) is 1. The molecule has 0 spiro atoms. The van der Waals surface area contributed by atoms with Crippen LogP contribution in [0.15, 0.2) is 0 Å². The number of rotatable bonds is 1. The number of nitrogens with zero attached hydrogens (tertiary/aromatic N) is 1. The predicted molar refractivity (Wildman–Crippen MR) is 46.5 cm³/mol. The predicted octanol–water partition coefficient (Wildman–Crippen LogP) is 0.180. The second kappa shape index (κ2) is 3.27. The maximum Gasteiger partial charge on any atom is 0.306 e. The highest BCUT2D eigenvalue weighted by Gasteiger charge is 2.39. The Morgan fingerprint density at radius 3 is 2.38 bits per heavy atom. The van der Waals surface area contributed by atoms with Crippen molar-refractivity contribution in [2.45, 2.75) is 24.9 Å². The molecule has 4 nitrogen and oxygen atoms in total. The van der Waals surface area contributed by atoms with Crippen molar-refractivity contribution in [2.75, 3.05) is 20.3 Å². The molecule has 2 aliphatic rings. The first kappa shape index (κ1) is 8.97. The fourth-order valence-corrected chi connectivity index (χ4v) is 2.30. The number of carboxylic acid groups (broad SMARTS) is 1. The van der Waals surface area contributed by atoms with Gasteiger partial charge in [-0.3, -0.25) is 9.69 Å². The molecule has 2 heterocycles. The van der Waals surface area contributed by atoms with Gasteiger partial charge < -0.3 is 9.84 Å². The van der Waals surface area contributed by atoms with Crippen LogP contribution in [0.25, 0.3) is 0 Å². The largest absolute Gasteiger partial charge is 0.481 e. The fourth-order valence-electron chi connectivity index (χ4n) is 2.30. The molecule has 0 aliphatic carbocycles. The van der Waals surface area contributed by atoms with Gasteiger partial charge in [-0.15, -0.1) is 0 Å². The highest BCUT2D eigenvalue weighted by atomic mass is 16.5. The summed E-state index contributed by atoms with van der Waals surface area (Å²) in [6.45, 7) is 1.38. The maximum atomic E-state index is 10.8. The van der Waals surface area contributed by atoms with Gasteiger partial charge in [-0.2, -0.15) is 0 Å². The molecule has 4 heteroatoms. The normalized spacial score (nSPS) is 40.2. The molecular formula is C9H15NO3. The molecular weight excluding hydrogens is 170 g/mol. The van der Waals surface area contributed by atoms with E-state index in [1.165, 1.54) is 0 Å².